The highest BCUT2D eigenvalue weighted by molar-refractivity contribution is 8.48. The van der Waals surface area contributed by atoms with Gasteiger partial charge in [-0.3, -0.25) is 4.31 Å². The summed E-state index contributed by atoms with van der Waals surface area (Å²) in [5.41, 5.74) is 0. The van der Waals surface area contributed by atoms with Gasteiger partial charge >= 0.3 is 0 Å². The summed E-state index contributed by atoms with van der Waals surface area (Å²) in [4.78, 5) is 0. The lowest BCUT2D eigenvalue weighted by Gasteiger charge is -2.39. The quantitative estimate of drug-likeness (QED) is 0.611. The average molecular weight is 184 g/mol. The molecule has 10 heavy (non-hydrogen) atoms. The molecule has 0 amide bonds. The van der Waals surface area contributed by atoms with Gasteiger partial charge in [-0.2, -0.15) is 0 Å². The highest BCUT2D eigenvalue weighted by atomic mass is 35.7. The first-order chi connectivity index (χ1) is 4.61. The van der Waals surface area contributed by atoms with Crippen molar-refractivity contribution in [1.29, 1.82) is 0 Å². The zero-order valence-electron chi connectivity index (χ0n) is 6.47. The first-order valence-corrected chi connectivity index (χ1v) is 6.60. The Morgan fingerprint density at radius 2 is 1.80 bits per heavy atom. The molecule has 1 rings (SSSR count). The minimum Gasteiger partial charge on any atom is -0.379 e. The van der Waals surface area contributed by atoms with Crippen LogP contribution in [-0.2, 0) is 4.74 Å². The lowest BCUT2D eigenvalue weighted by molar-refractivity contribution is 0.0764. The molecule has 0 saturated carbocycles. The van der Waals surface area contributed by atoms with Gasteiger partial charge in [0, 0.05) is 13.1 Å². The average Bonchev–Trinajstić information content (AvgIpc) is 1.88. The molecule has 2 nitrogen and oxygen atoms in total. The van der Waals surface area contributed by atoms with Crippen LogP contribution in [0.4, 0.5) is 0 Å². The van der Waals surface area contributed by atoms with E-state index in [9.17, 15) is 0 Å². The fraction of sp³-hybridized carbons (Fsp3) is 1.00. The van der Waals surface area contributed by atoms with E-state index in [0.717, 1.165) is 26.3 Å². The summed E-state index contributed by atoms with van der Waals surface area (Å²) in [5, 5.41) is 0. The topological polar surface area (TPSA) is 12.5 Å². The van der Waals surface area contributed by atoms with Crippen LogP contribution in [0.1, 0.15) is 0 Å². The van der Waals surface area contributed by atoms with Crippen molar-refractivity contribution < 1.29 is 4.74 Å². The number of nitrogens with zero attached hydrogens (tertiary/aromatic N) is 1. The Balaban J connectivity index is 2.39. The van der Waals surface area contributed by atoms with Crippen LogP contribution in [0.15, 0.2) is 0 Å². The zero-order chi connectivity index (χ0) is 7.61. The maximum atomic E-state index is 6.17. The molecule has 0 atom stereocenters. The fourth-order valence-corrected chi connectivity index (χ4v) is 2.41. The standard InChI is InChI=1S/C6H14ClNOS/c1-10(2,7)8-3-5-9-6-4-8/h3-6H2,1-2H3. The van der Waals surface area contributed by atoms with E-state index in [2.05, 4.69) is 16.8 Å². The van der Waals surface area contributed by atoms with Crippen LogP contribution < -0.4 is 0 Å². The van der Waals surface area contributed by atoms with Crippen LogP contribution in [0.25, 0.3) is 0 Å². The maximum Gasteiger partial charge on any atom is 0.0603 e. The van der Waals surface area contributed by atoms with Gasteiger partial charge < -0.3 is 4.74 Å². The molecular weight excluding hydrogens is 170 g/mol. The molecule has 0 bridgehead atoms. The monoisotopic (exact) mass is 183 g/mol. The van der Waals surface area contributed by atoms with Crippen molar-refractivity contribution in [2.75, 3.05) is 38.8 Å². The number of rotatable bonds is 1. The van der Waals surface area contributed by atoms with Crippen molar-refractivity contribution in [3.05, 3.63) is 0 Å². The minimum atomic E-state index is -1.00. The molecule has 1 heterocycles. The second-order valence-corrected chi connectivity index (χ2v) is 7.78. The summed E-state index contributed by atoms with van der Waals surface area (Å²) in [6.07, 6.45) is 4.19. The van der Waals surface area contributed by atoms with Crippen LogP contribution in [0.3, 0.4) is 0 Å². The Bertz CT molecular complexity index is 109. The predicted octanol–water partition coefficient (Wildman–Crippen LogP) is 1.45. The SMILES string of the molecule is CS(C)(Cl)N1CCOCC1. The molecule has 0 aromatic rings. The number of ether oxygens (including phenoxy) is 1. The minimum absolute atomic E-state index is 0.836. The van der Waals surface area contributed by atoms with Gasteiger partial charge in [-0.15, -0.1) is 9.43 Å². The molecule has 0 radical (unpaired) electrons. The Hall–Kier alpha value is 0.560. The van der Waals surface area contributed by atoms with Gasteiger partial charge in [-0.1, -0.05) is 10.7 Å². The van der Waals surface area contributed by atoms with Crippen molar-refractivity contribution in [3.63, 3.8) is 0 Å². The summed E-state index contributed by atoms with van der Waals surface area (Å²) < 4.78 is 7.51. The Morgan fingerprint density at radius 1 is 1.30 bits per heavy atom. The normalized spacial score (nSPS) is 24.7. The summed E-state index contributed by atoms with van der Waals surface area (Å²) in [6.45, 7) is 3.66. The summed E-state index contributed by atoms with van der Waals surface area (Å²) in [6, 6.07) is 0. The van der Waals surface area contributed by atoms with Crippen molar-refractivity contribution in [2.24, 2.45) is 0 Å². The second kappa shape index (κ2) is 3.30. The Kier molecular flexibility index (Phi) is 2.86. The molecule has 1 saturated heterocycles. The van der Waals surface area contributed by atoms with Crippen LogP contribution in [0.2, 0.25) is 0 Å². The third kappa shape index (κ3) is 2.31. The first kappa shape index (κ1) is 8.65. The van der Waals surface area contributed by atoms with E-state index in [-0.39, 0.29) is 0 Å². The second-order valence-electron chi connectivity index (χ2n) is 2.69. The van der Waals surface area contributed by atoms with Gasteiger partial charge in [0.05, 0.1) is 13.2 Å². The summed E-state index contributed by atoms with van der Waals surface area (Å²) in [7, 11) is 5.17. The van der Waals surface area contributed by atoms with Crippen molar-refractivity contribution >= 4 is 20.1 Å². The molecule has 0 N–H and O–H groups in total. The molecule has 1 aliphatic heterocycles. The van der Waals surface area contributed by atoms with Crippen LogP contribution >= 0.6 is 20.1 Å². The molecule has 0 aliphatic carbocycles. The zero-order valence-corrected chi connectivity index (χ0v) is 8.04. The third-order valence-electron chi connectivity index (χ3n) is 1.58. The number of hydrogen-bond acceptors (Lipinski definition) is 2. The predicted molar refractivity (Wildman–Crippen MR) is 47.7 cm³/mol. The van der Waals surface area contributed by atoms with Crippen LogP contribution in [0.5, 0.6) is 0 Å². The Morgan fingerprint density at radius 3 is 2.10 bits per heavy atom. The van der Waals surface area contributed by atoms with E-state index in [1.807, 2.05) is 0 Å². The lowest BCUT2D eigenvalue weighted by Crippen LogP contribution is -2.35. The van der Waals surface area contributed by atoms with Crippen molar-refractivity contribution in [2.45, 2.75) is 0 Å². The number of morpholine rings is 1. The van der Waals surface area contributed by atoms with Gasteiger partial charge in [-0.05, 0) is 12.5 Å². The summed E-state index contributed by atoms with van der Waals surface area (Å²) in [5.74, 6) is 0. The van der Waals surface area contributed by atoms with Gasteiger partial charge in [0.15, 0.2) is 0 Å². The molecule has 1 fully saturated rings. The molecule has 0 aromatic heterocycles. The smallest absolute Gasteiger partial charge is 0.0603 e. The van der Waals surface area contributed by atoms with Gasteiger partial charge in [-0.25, -0.2) is 0 Å². The Labute approximate surface area is 68.4 Å². The maximum absolute atomic E-state index is 6.17. The third-order valence-corrected chi connectivity index (χ3v) is 3.76. The van der Waals surface area contributed by atoms with E-state index in [1.54, 1.807) is 0 Å². The van der Waals surface area contributed by atoms with Crippen LogP contribution in [-0.4, -0.2) is 43.1 Å². The van der Waals surface area contributed by atoms with Gasteiger partial charge in [0.25, 0.3) is 0 Å². The van der Waals surface area contributed by atoms with E-state index >= 15 is 0 Å². The van der Waals surface area contributed by atoms with Crippen molar-refractivity contribution in [3.8, 4) is 0 Å². The number of halogens is 1. The fourth-order valence-electron chi connectivity index (χ4n) is 0.981. The van der Waals surface area contributed by atoms with Crippen LogP contribution in [0, 0.1) is 0 Å². The molecule has 1 aliphatic rings. The molecule has 62 valence electrons. The van der Waals surface area contributed by atoms with Gasteiger partial charge in [0.1, 0.15) is 0 Å². The molecule has 0 aromatic carbocycles. The lowest BCUT2D eigenvalue weighted by atomic mass is 10.5. The van der Waals surface area contributed by atoms with Gasteiger partial charge in [0.2, 0.25) is 0 Å². The number of hydrogen-bond donors (Lipinski definition) is 0. The van der Waals surface area contributed by atoms with E-state index < -0.39 is 9.43 Å². The van der Waals surface area contributed by atoms with E-state index in [1.165, 1.54) is 0 Å². The molecule has 4 heteroatoms. The first-order valence-electron chi connectivity index (χ1n) is 3.36. The highest BCUT2D eigenvalue weighted by Gasteiger charge is 2.20. The van der Waals surface area contributed by atoms with E-state index in [4.69, 9.17) is 15.4 Å². The highest BCUT2D eigenvalue weighted by Crippen LogP contribution is 2.49. The van der Waals surface area contributed by atoms with Crippen molar-refractivity contribution in [1.82, 2.24) is 4.31 Å². The largest absolute Gasteiger partial charge is 0.379 e. The molecule has 0 unspecified atom stereocenters. The molecular formula is C6H14ClNOS. The molecule has 0 spiro atoms. The summed E-state index contributed by atoms with van der Waals surface area (Å²) >= 11 is 0. The van der Waals surface area contributed by atoms with E-state index in [0.29, 0.717) is 0 Å².